The minimum atomic E-state index is -0.507. The van der Waals surface area contributed by atoms with Gasteiger partial charge in [-0.2, -0.15) is 0 Å². The maximum atomic E-state index is 13.5. The highest BCUT2D eigenvalue weighted by Gasteiger charge is 2.10. The number of benzene rings is 2. The van der Waals surface area contributed by atoms with E-state index in [-0.39, 0.29) is 5.56 Å². The number of halogens is 1. The van der Waals surface area contributed by atoms with Gasteiger partial charge in [0.1, 0.15) is 5.82 Å². The van der Waals surface area contributed by atoms with Gasteiger partial charge in [0, 0.05) is 26.3 Å². The summed E-state index contributed by atoms with van der Waals surface area (Å²) in [6.45, 7) is 0.370. The third-order valence-electron chi connectivity index (χ3n) is 3.00. The molecule has 0 aliphatic rings. The summed E-state index contributed by atoms with van der Waals surface area (Å²) in [4.78, 5) is 13.9. The van der Waals surface area contributed by atoms with Crippen LogP contribution in [0.3, 0.4) is 0 Å². The molecule has 0 fully saturated rings. The lowest BCUT2D eigenvalue weighted by Gasteiger charge is -2.14. The van der Waals surface area contributed by atoms with E-state index in [1.54, 1.807) is 12.1 Å². The molecule has 2 aromatic carbocycles. The summed E-state index contributed by atoms with van der Waals surface area (Å²) in [6.07, 6.45) is 0. The molecule has 0 saturated carbocycles. The normalized spacial score (nSPS) is 10.2. The van der Waals surface area contributed by atoms with E-state index in [4.69, 9.17) is 0 Å². The Morgan fingerprint density at radius 3 is 2.60 bits per heavy atom. The van der Waals surface area contributed by atoms with Crippen LogP contribution in [-0.2, 0) is 6.54 Å². The van der Waals surface area contributed by atoms with Gasteiger partial charge in [0.2, 0.25) is 0 Å². The number of amides is 1. The quantitative estimate of drug-likeness (QED) is 0.928. The summed E-state index contributed by atoms with van der Waals surface area (Å²) in [7, 11) is 3.91. The number of nitrogens with zero attached hydrogens (tertiary/aromatic N) is 1. The van der Waals surface area contributed by atoms with Crippen LogP contribution in [0.1, 0.15) is 15.9 Å². The van der Waals surface area contributed by atoms with Crippen LogP contribution in [0.4, 0.5) is 10.1 Å². The fourth-order valence-corrected chi connectivity index (χ4v) is 1.87. The number of carbonyl (C=O) groups is 1. The van der Waals surface area contributed by atoms with Crippen molar-refractivity contribution in [3.05, 3.63) is 65.5 Å². The van der Waals surface area contributed by atoms with E-state index in [2.05, 4.69) is 5.32 Å². The molecule has 0 radical (unpaired) electrons. The fraction of sp³-hybridized carbons (Fsp3) is 0.188. The number of rotatable bonds is 4. The summed E-state index contributed by atoms with van der Waals surface area (Å²) >= 11 is 0. The molecule has 0 atom stereocenters. The van der Waals surface area contributed by atoms with Gasteiger partial charge in [0.05, 0.1) is 5.56 Å². The molecule has 0 heterocycles. The molecule has 0 bridgehead atoms. The highest BCUT2D eigenvalue weighted by atomic mass is 19.1. The van der Waals surface area contributed by atoms with Crippen LogP contribution in [-0.4, -0.2) is 20.0 Å². The van der Waals surface area contributed by atoms with Crippen LogP contribution < -0.4 is 10.2 Å². The van der Waals surface area contributed by atoms with Crippen molar-refractivity contribution in [3.63, 3.8) is 0 Å². The molecule has 4 heteroatoms. The van der Waals surface area contributed by atoms with Gasteiger partial charge in [0.15, 0.2) is 0 Å². The van der Waals surface area contributed by atoms with Crippen LogP contribution >= 0.6 is 0 Å². The van der Waals surface area contributed by atoms with E-state index in [0.717, 1.165) is 11.3 Å². The monoisotopic (exact) mass is 272 g/mol. The van der Waals surface area contributed by atoms with Crippen molar-refractivity contribution >= 4 is 11.6 Å². The second kappa shape index (κ2) is 6.19. The van der Waals surface area contributed by atoms with Crippen molar-refractivity contribution in [1.29, 1.82) is 0 Å². The molecule has 2 rings (SSSR count). The fourth-order valence-electron chi connectivity index (χ4n) is 1.87. The third-order valence-corrected chi connectivity index (χ3v) is 3.00. The highest BCUT2D eigenvalue weighted by molar-refractivity contribution is 5.94. The lowest BCUT2D eigenvalue weighted by atomic mass is 10.1. The van der Waals surface area contributed by atoms with E-state index in [0.29, 0.717) is 6.54 Å². The molecule has 3 nitrogen and oxygen atoms in total. The van der Waals surface area contributed by atoms with Crippen molar-refractivity contribution in [1.82, 2.24) is 5.32 Å². The van der Waals surface area contributed by atoms with Crippen LogP contribution in [0.15, 0.2) is 48.5 Å². The average molecular weight is 272 g/mol. The standard InChI is InChI=1S/C16H17FN2O/c1-19(2)13-7-5-6-12(10-13)11-18-16(20)14-8-3-4-9-15(14)17/h3-10H,11H2,1-2H3,(H,18,20). The Morgan fingerprint density at radius 2 is 1.90 bits per heavy atom. The molecule has 0 saturated heterocycles. The second-order valence-corrected chi connectivity index (χ2v) is 4.73. The Balaban J connectivity index is 2.04. The smallest absolute Gasteiger partial charge is 0.254 e. The predicted octanol–water partition coefficient (Wildman–Crippen LogP) is 2.82. The topological polar surface area (TPSA) is 32.3 Å². The van der Waals surface area contributed by atoms with Gasteiger partial charge in [-0.3, -0.25) is 4.79 Å². The van der Waals surface area contributed by atoms with E-state index in [1.807, 2.05) is 43.3 Å². The maximum Gasteiger partial charge on any atom is 0.254 e. The Morgan fingerprint density at radius 1 is 1.15 bits per heavy atom. The number of hydrogen-bond acceptors (Lipinski definition) is 2. The Labute approximate surface area is 118 Å². The SMILES string of the molecule is CN(C)c1cccc(CNC(=O)c2ccccc2F)c1. The molecule has 20 heavy (non-hydrogen) atoms. The van der Waals surface area contributed by atoms with E-state index in [1.165, 1.54) is 12.1 Å². The highest BCUT2D eigenvalue weighted by Crippen LogP contribution is 2.13. The van der Waals surface area contributed by atoms with E-state index < -0.39 is 11.7 Å². The van der Waals surface area contributed by atoms with Gasteiger partial charge in [-0.05, 0) is 29.8 Å². The molecule has 0 aliphatic carbocycles. The molecule has 2 aromatic rings. The van der Waals surface area contributed by atoms with Crippen LogP contribution in [0.25, 0.3) is 0 Å². The zero-order chi connectivity index (χ0) is 14.5. The van der Waals surface area contributed by atoms with Gasteiger partial charge >= 0.3 is 0 Å². The minimum absolute atomic E-state index is 0.0660. The van der Waals surface area contributed by atoms with Crippen molar-refractivity contribution in [2.45, 2.75) is 6.54 Å². The van der Waals surface area contributed by atoms with Crippen molar-refractivity contribution in [2.75, 3.05) is 19.0 Å². The van der Waals surface area contributed by atoms with Gasteiger partial charge in [-0.25, -0.2) is 4.39 Å². The first-order valence-electron chi connectivity index (χ1n) is 6.37. The molecule has 0 spiro atoms. The second-order valence-electron chi connectivity index (χ2n) is 4.73. The lowest BCUT2D eigenvalue weighted by Crippen LogP contribution is -2.23. The minimum Gasteiger partial charge on any atom is -0.378 e. The van der Waals surface area contributed by atoms with E-state index >= 15 is 0 Å². The summed E-state index contributed by atoms with van der Waals surface area (Å²) in [5.74, 6) is -0.912. The van der Waals surface area contributed by atoms with Crippen molar-refractivity contribution in [3.8, 4) is 0 Å². The molecular formula is C16H17FN2O. The van der Waals surface area contributed by atoms with Crippen LogP contribution in [0, 0.1) is 5.82 Å². The van der Waals surface area contributed by atoms with Crippen LogP contribution in [0.5, 0.6) is 0 Å². The van der Waals surface area contributed by atoms with E-state index in [9.17, 15) is 9.18 Å². The summed E-state index contributed by atoms with van der Waals surface area (Å²) < 4.78 is 13.5. The predicted molar refractivity (Wildman–Crippen MR) is 78.3 cm³/mol. The first kappa shape index (κ1) is 14.1. The van der Waals surface area contributed by atoms with Gasteiger partial charge in [0.25, 0.3) is 5.91 Å². The first-order chi connectivity index (χ1) is 9.58. The van der Waals surface area contributed by atoms with Crippen molar-refractivity contribution < 1.29 is 9.18 Å². The van der Waals surface area contributed by atoms with Gasteiger partial charge < -0.3 is 10.2 Å². The van der Waals surface area contributed by atoms with Crippen molar-refractivity contribution in [2.24, 2.45) is 0 Å². The zero-order valence-corrected chi connectivity index (χ0v) is 11.6. The third kappa shape index (κ3) is 3.35. The Kier molecular flexibility index (Phi) is 4.35. The number of nitrogens with one attached hydrogen (secondary N) is 1. The first-order valence-corrected chi connectivity index (χ1v) is 6.37. The summed E-state index contributed by atoms with van der Waals surface area (Å²) in [5.41, 5.74) is 2.10. The maximum absolute atomic E-state index is 13.5. The molecule has 0 aliphatic heterocycles. The molecule has 104 valence electrons. The van der Waals surface area contributed by atoms with Gasteiger partial charge in [-0.15, -0.1) is 0 Å². The number of hydrogen-bond donors (Lipinski definition) is 1. The molecule has 1 amide bonds. The number of carbonyl (C=O) groups excluding carboxylic acids is 1. The Bertz CT molecular complexity index is 611. The number of anilines is 1. The Hall–Kier alpha value is -2.36. The summed E-state index contributed by atoms with van der Waals surface area (Å²) in [5, 5.41) is 2.72. The van der Waals surface area contributed by atoms with Crippen LogP contribution in [0.2, 0.25) is 0 Å². The molecular weight excluding hydrogens is 255 g/mol. The largest absolute Gasteiger partial charge is 0.378 e. The lowest BCUT2D eigenvalue weighted by molar-refractivity contribution is 0.0947. The average Bonchev–Trinajstić information content (AvgIpc) is 2.45. The zero-order valence-electron chi connectivity index (χ0n) is 11.6. The molecule has 1 N–H and O–H groups in total. The van der Waals surface area contributed by atoms with Gasteiger partial charge in [-0.1, -0.05) is 24.3 Å². The molecule has 0 unspecified atom stereocenters. The molecule has 0 aromatic heterocycles. The summed E-state index contributed by atoms with van der Waals surface area (Å²) in [6, 6.07) is 13.8.